The average Bonchev–Trinajstić information content (AvgIpc) is 3.37. The second-order valence-corrected chi connectivity index (χ2v) is 11.0. The first-order valence-corrected chi connectivity index (χ1v) is 13.0. The molecule has 1 aliphatic carbocycles. The van der Waals surface area contributed by atoms with Crippen molar-refractivity contribution in [2.24, 2.45) is 0 Å². The summed E-state index contributed by atoms with van der Waals surface area (Å²) in [5, 5.41) is 3.32. The Morgan fingerprint density at radius 2 is 1.94 bits per heavy atom. The lowest BCUT2D eigenvalue weighted by Crippen LogP contribution is -2.64. The molecule has 1 aromatic carbocycles. The highest BCUT2D eigenvalue weighted by Crippen LogP contribution is 2.37. The molecule has 3 aromatic rings. The number of carbonyl (C=O) groups is 2. The van der Waals surface area contributed by atoms with Crippen LogP contribution in [0.15, 0.2) is 36.4 Å². The molecular formula is C27H33N3O2S. The van der Waals surface area contributed by atoms with Crippen LogP contribution >= 0.6 is 11.3 Å². The molecule has 1 fully saturated rings. The largest absolute Gasteiger partial charge is 0.351 e. The second kappa shape index (κ2) is 8.64. The predicted molar refractivity (Wildman–Crippen MR) is 134 cm³/mol. The van der Waals surface area contributed by atoms with Crippen molar-refractivity contribution < 1.29 is 9.59 Å². The molecule has 0 bridgehead atoms. The van der Waals surface area contributed by atoms with Crippen LogP contribution in [0.25, 0.3) is 10.2 Å². The maximum Gasteiger partial charge on any atom is 0.271 e. The Morgan fingerprint density at radius 1 is 1.18 bits per heavy atom. The number of nitrogens with zero attached hydrogens (tertiary/aromatic N) is 2. The highest BCUT2D eigenvalue weighted by atomic mass is 32.1. The molecule has 174 valence electrons. The highest BCUT2D eigenvalue weighted by molar-refractivity contribution is 7.19. The molecule has 0 spiro atoms. The molecule has 6 heteroatoms. The predicted octanol–water partition coefficient (Wildman–Crippen LogP) is 5.44. The fourth-order valence-electron chi connectivity index (χ4n) is 5.36. The average molecular weight is 464 g/mol. The van der Waals surface area contributed by atoms with Gasteiger partial charge in [0.15, 0.2) is 0 Å². The van der Waals surface area contributed by atoms with E-state index in [-0.39, 0.29) is 17.9 Å². The fourth-order valence-corrected chi connectivity index (χ4v) is 6.40. The highest BCUT2D eigenvalue weighted by Gasteiger charge is 2.48. The SMILES string of the molecule is CCc1cc2c(cc3n2C[C@@](C)(C(=O)NC2CCCCC2)N(Cc2ccccc2C)C3=O)s1. The summed E-state index contributed by atoms with van der Waals surface area (Å²) >= 11 is 1.75. The van der Waals surface area contributed by atoms with Gasteiger partial charge in [-0.2, -0.15) is 0 Å². The molecule has 2 aromatic heterocycles. The molecule has 2 amide bonds. The van der Waals surface area contributed by atoms with Gasteiger partial charge in [0.05, 0.1) is 16.8 Å². The summed E-state index contributed by atoms with van der Waals surface area (Å²) in [6.07, 6.45) is 6.58. The Hall–Kier alpha value is -2.60. The number of amides is 2. The molecule has 2 aliphatic rings. The van der Waals surface area contributed by atoms with E-state index in [1.54, 1.807) is 11.3 Å². The Kier molecular flexibility index (Phi) is 5.81. The molecule has 3 heterocycles. The summed E-state index contributed by atoms with van der Waals surface area (Å²) in [6.45, 7) is 7.07. The minimum absolute atomic E-state index is 0.0326. The summed E-state index contributed by atoms with van der Waals surface area (Å²) < 4.78 is 3.21. The molecule has 1 aliphatic heterocycles. The number of carbonyl (C=O) groups excluding carboxylic acids is 2. The zero-order valence-corrected chi connectivity index (χ0v) is 20.6. The molecule has 33 heavy (non-hydrogen) atoms. The van der Waals surface area contributed by atoms with Crippen LogP contribution in [0, 0.1) is 6.92 Å². The Balaban J connectivity index is 1.55. The summed E-state index contributed by atoms with van der Waals surface area (Å²) in [7, 11) is 0. The van der Waals surface area contributed by atoms with E-state index in [4.69, 9.17) is 0 Å². The van der Waals surface area contributed by atoms with Gasteiger partial charge >= 0.3 is 0 Å². The topological polar surface area (TPSA) is 54.3 Å². The van der Waals surface area contributed by atoms with Crippen LogP contribution in [0.2, 0.25) is 0 Å². The van der Waals surface area contributed by atoms with Crippen LogP contribution in [0.5, 0.6) is 0 Å². The van der Waals surface area contributed by atoms with Crippen LogP contribution < -0.4 is 5.32 Å². The van der Waals surface area contributed by atoms with Crippen molar-refractivity contribution in [2.75, 3.05) is 0 Å². The third-order valence-corrected chi connectivity index (χ3v) is 8.75. The van der Waals surface area contributed by atoms with E-state index < -0.39 is 5.54 Å². The number of hydrogen-bond donors (Lipinski definition) is 1. The number of thiophene rings is 1. The van der Waals surface area contributed by atoms with Crippen molar-refractivity contribution in [3.63, 3.8) is 0 Å². The molecule has 1 atom stereocenters. The maximum atomic E-state index is 13.9. The van der Waals surface area contributed by atoms with Crippen LogP contribution in [0.3, 0.4) is 0 Å². The number of aryl methyl sites for hydroxylation is 2. The van der Waals surface area contributed by atoms with Gasteiger partial charge in [-0.25, -0.2) is 0 Å². The van der Waals surface area contributed by atoms with Crippen LogP contribution in [0.4, 0.5) is 0 Å². The van der Waals surface area contributed by atoms with E-state index in [2.05, 4.69) is 41.9 Å². The van der Waals surface area contributed by atoms with Gasteiger partial charge < -0.3 is 14.8 Å². The molecule has 0 radical (unpaired) electrons. The summed E-state index contributed by atoms with van der Waals surface area (Å²) in [6, 6.07) is 12.5. The van der Waals surface area contributed by atoms with Gasteiger partial charge in [-0.05, 0) is 56.4 Å². The van der Waals surface area contributed by atoms with Gasteiger partial charge in [-0.1, -0.05) is 50.5 Å². The molecule has 5 nitrogen and oxygen atoms in total. The van der Waals surface area contributed by atoms with Crippen molar-refractivity contribution in [1.29, 1.82) is 0 Å². The minimum atomic E-state index is -0.954. The van der Waals surface area contributed by atoms with Crippen molar-refractivity contribution in [3.8, 4) is 0 Å². The van der Waals surface area contributed by atoms with E-state index in [0.29, 0.717) is 18.8 Å². The zero-order valence-electron chi connectivity index (χ0n) is 19.8. The molecule has 1 N–H and O–H groups in total. The van der Waals surface area contributed by atoms with Crippen LogP contribution in [-0.2, 0) is 24.3 Å². The number of hydrogen-bond acceptors (Lipinski definition) is 3. The lowest BCUT2D eigenvalue weighted by atomic mass is 9.90. The maximum absolute atomic E-state index is 13.9. The summed E-state index contributed by atoms with van der Waals surface area (Å²) in [4.78, 5) is 30.8. The standard InChI is InChI=1S/C27H33N3O2S/c1-4-21-14-22-24(33-21)15-23-25(31)30(16-19-11-9-8-10-18(19)2)27(3,17-29(22)23)26(32)28-20-12-6-5-7-13-20/h8-11,14-15,20H,4-7,12-13,16-17H2,1-3H3,(H,28,32)/t27-/m0/s1. The van der Waals surface area contributed by atoms with Crippen molar-refractivity contribution in [2.45, 2.75) is 84.0 Å². The van der Waals surface area contributed by atoms with E-state index in [1.807, 2.05) is 30.0 Å². The van der Waals surface area contributed by atoms with E-state index in [9.17, 15) is 9.59 Å². The lowest BCUT2D eigenvalue weighted by Gasteiger charge is -2.45. The van der Waals surface area contributed by atoms with Crippen molar-refractivity contribution >= 4 is 33.4 Å². The number of fused-ring (bicyclic) bond motifs is 3. The van der Waals surface area contributed by atoms with Gasteiger partial charge in [0.1, 0.15) is 11.2 Å². The quantitative estimate of drug-likeness (QED) is 0.548. The smallest absolute Gasteiger partial charge is 0.271 e. The molecule has 0 saturated heterocycles. The number of nitrogens with one attached hydrogen (secondary N) is 1. The Bertz CT molecular complexity index is 1200. The number of benzene rings is 1. The lowest BCUT2D eigenvalue weighted by molar-refractivity contribution is -0.134. The molecule has 0 unspecified atom stereocenters. The fraction of sp³-hybridized carbons (Fsp3) is 0.481. The van der Waals surface area contributed by atoms with Crippen molar-refractivity contribution in [3.05, 3.63) is 58.1 Å². The van der Waals surface area contributed by atoms with Crippen LogP contribution in [-0.4, -0.2) is 32.9 Å². The molecule has 5 rings (SSSR count). The Morgan fingerprint density at radius 3 is 2.67 bits per heavy atom. The third-order valence-electron chi connectivity index (χ3n) is 7.53. The normalized spacial score (nSPS) is 21.4. The molecule has 1 saturated carbocycles. The van der Waals surface area contributed by atoms with Gasteiger partial charge in [-0.15, -0.1) is 11.3 Å². The van der Waals surface area contributed by atoms with E-state index in [1.165, 1.54) is 11.3 Å². The van der Waals surface area contributed by atoms with Crippen molar-refractivity contribution in [1.82, 2.24) is 14.8 Å². The van der Waals surface area contributed by atoms with E-state index >= 15 is 0 Å². The van der Waals surface area contributed by atoms with Gasteiger partial charge in [-0.3, -0.25) is 9.59 Å². The van der Waals surface area contributed by atoms with E-state index in [0.717, 1.165) is 53.4 Å². The second-order valence-electron chi connectivity index (χ2n) is 9.83. The third kappa shape index (κ3) is 3.88. The first-order chi connectivity index (χ1) is 15.9. The minimum Gasteiger partial charge on any atom is -0.351 e. The Labute approximate surface area is 199 Å². The first-order valence-electron chi connectivity index (χ1n) is 12.2. The zero-order chi connectivity index (χ0) is 23.2. The summed E-state index contributed by atoms with van der Waals surface area (Å²) in [5.74, 6) is -0.0953. The first kappa shape index (κ1) is 22.2. The molecular weight excluding hydrogens is 430 g/mol. The number of rotatable bonds is 5. The summed E-state index contributed by atoms with van der Waals surface area (Å²) in [5.41, 5.74) is 3.03. The van der Waals surface area contributed by atoms with Gasteiger partial charge in [0, 0.05) is 17.5 Å². The van der Waals surface area contributed by atoms with Crippen LogP contribution in [0.1, 0.15) is 72.4 Å². The van der Waals surface area contributed by atoms with Gasteiger partial charge in [0.2, 0.25) is 5.91 Å². The monoisotopic (exact) mass is 463 g/mol. The number of aromatic nitrogens is 1. The van der Waals surface area contributed by atoms with Gasteiger partial charge in [0.25, 0.3) is 5.91 Å².